The maximum Gasteiger partial charge on any atom is 0.123 e. The molecule has 0 saturated carbocycles. The molecule has 2 nitrogen and oxygen atoms in total. The van der Waals surface area contributed by atoms with Gasteiger partial charge in [0, 0.05) is 0 Å². The second-order valence-corrected chi connectivity index (χ2v) is 3.95. The summed E-state index contributed by atoms with van der Waals surface area (Å²) >= 11 is 0. The van der Waals surface area contributed by atoms with Crippen LogP contribution in [0, 0.1) is 11.7 Å². The Bertz CT molecular complexity index is 293. The average Bonchev–Trinajstić information content (AvgIpc) is 2.74. The summed E-state index contributed by atoms with van der Waals surface area (Å²) in [5, 5.41) is 3.32. The smallest absolute Gasteiger partial charge is 0.123 e. The summed E-state index contributed by atoms with van der Waals surface area (Å²) < 4.78 is 18.1. The van der Waals surface area contributed by atoms with Crippen LogP contribution in [0.5, 0.6) is 5.75 Å². The Morgan fingerprint density at radius 2 is 2.13 bits per heavy atom. The van der Waals surface area contributed by atoms with Gasteiger partial charge in [-0.1, -0.05) is 0 Å². The Kier molecular flexibility index (Phi) is 3.56. The molecule has 1 aromatic rings. The van der Waals surface area contributed by atoms with Crippen molar-refractivity contribution in [3.05, 3.63) is 30.1 Å². The van der Waals surface area contributed by atoms with Gasteiger partial charge >= 0.3 is 0 Å². The summed E-state index contributed by atoms with van der Waals surface area (Å²) in [4.78, 5) is 0. The number of hydrogen-bond donors (Lipinski definition) is 1. The zero-order valence-electron chi connectivity index (χ0n) is 8.71. The second-order valence-electron chi connectivity index (χ2n) is 3.95. The van der Waals surface area contributed by atoms with Gasteiger partial charge in [0.05, 0.1) is 6.61 Å². The predicted molar refractivity (Wildman–Crippen MR) is 57.5 cm³/mol. The van der Waals surface area contributed by atoms with Crippen LogP contribution >= 0.6 is 0 Å². The highest BCUT2D eigenvalue weighted by Gasteiger charge is 2.13. The van der Waals surface area contributed by atoms with Crippen molar-refractivity contribution in [1.29, 1.82) is 0 Å². The van der Waals surface area contributed by atoms with Crippen LogP contribution in [0.3, 0.4) is 0 Å². The molecular weight excluding hydrogens is 193 g/mol. The van der Waals surface area contributed by atoms with Gasteiger partial charge in [-0.2, -0.15) is 0 Å². The van der Waals surface area contributed by atoms with E-state index in [9.17, 15) is 4.39 Å². The maximum atomic E-state index is 12.6. The first-order valence-corrected chi connectivity index (χ1v) is 5.44. The second kappa shape index (κ2) is 5.12. The first kappa shape index (κ1) is 10.4. The maximum absolute atomic E-state index is 12.6. The highest BCUT2D eigenvalue weighted by molar-refractivity contribution is 5.21. The van der Waals surface area contributed by atoms with Gasteiger partial charge in [-0.25, -0.2) is 4.39 Å². The summed E-state index contributed by atoms with van der Waals surface area (Å²) in [6, 6.07) is 6.18. The van der Waals surface area contributed by atoms with Crippen LogP contribution in [0.4, 0.5) is 4.39 Å². The van der Waals surface area contributed by atoms with Gasteiger partial charge in [0.2, 0.25) is 0 Å². The van der Waals surface area contributed by atoms with Gasteiger partial charge in [0.25, 0.3) is 0 Å². The molecule has 0 amide bonds. The molecule has 1 atom stereocenters. The fourth-order valence-corrected chi connectivity index (χ4v) is 1.84. The third-order valence-corrected chi connectivity index (χ3v) is 2.77. The van der Waals surface area contributed by atoms with Gasteiger partial charge < -0.3 is 10.1 Å². The summed E-state index contributed by atoms with van der Waals surface area (Å²) in [6.45, 7) is 2.95. The number of nitrogens with one attached hydrogen (secondary N) is 1. The lowest BCUT2D eigenvalue weighted by atomic mass is 10.1. The number of rotatable bonds is 4. The highest BCUT2D eigenvalue weighted by atomic mass is 19.1. The summed E-state index contributed by atoms with van der Waals surface area (Å²) in [5.41, 5.74) is 0. The molecule has 1 aliphatic heterocycles. The van der Waals surface area contributed by atoms with Crippen LogP contribution in [0.15, 0.2) is 24.3 Å². The molecule has 1 heterocycles. The molecule has 0 spiro atoms. The van der Waals surface area contributed by atoms with Crippen molar-refractivity contribution in [2.75, 3.05) is 19.7 Å². The number of benzene rings is 1. The van der Waals surface area contributed by atoms with Gasteiger partial charge in [-0.15, -0.1) is 0 Å². The largest absolute Gasteiger partial charge is 0.494 e. The van der Waals surface area contributed by atoms with Crippen molar-refractivity contribution in [2.45, 2.75) is 12.8 Å². The fourth-order valence-electron chi connectivity index (χ4n) is 1.84. The Balaban J connectivity index is 1.71. The molecule has 15 heavy (non-hydrogen) atoms. The standard InChI is InChI=1S/C12H16FNO/c13-11-1-3-12(4-2-11)15-8-6-10-5-7-14-9-10/h1-4,10,14H,5-9H2/t10-/m0/s1. The van der Waals surface area contributed by atoms with Gasteiger partial charge in [0.1, 0.15) is 11.6 Å². The van der Waals surface area contributed by atoms with E-state index in [1.54, 1.807) is 12.1 Å². The lowest BCUT2D eigenvalue weighted by Gasteiger charge is -2.09. The molecular formula is C12H16FNO. The SMILES string of the molecule is Fc1ccc(OCC[C@@H]2CCNC2)cc1. The minimum absolute atomic E-state index is 0.220. The molecule has 0 aliphatic carbocycles. The van der Waals surface area contributed by atoms with E-state index in [0.29, 0.717) is 0 Å². The van der Waals surface area contributed by atoms with E-state index in [2.05, 4.69) is 5.32 Å². The quantitative estimate of drug-likeness (QED) is 0.820. The van der Waals surface area contributed by atoms with E-state index in [1.807, 2.05) is 0 Å². The fraction of sp³-hybridized carbons (Fsp3) is 0.500. The third kappa shape index (κ3) is 3.20. The molecule has 0 radical (unpaired) electrons. The Hall–Kier alpha value is -1.09. The molecule has 0 aromatic heterocycles. The molecule has 0 bridgehead atoms. The van der Waals surface area contributed by atoms with Crippen LogP contribution in [0.1, 0.15) is 12.8 Å². The van der Waals surface area contributed by atoms with Gasteiger partial charge in [-0.05, 0) is 56.1 Å². The topological polar surface area (TPSA) is 21.3 Å². The summed E-state index contributed by atoms with van der Waals surface area (Å²) in [7, 11) is 0. The lowest BCUT2D eigenvalue weighted by Crippen LogP contribution is -2.11. The Morgan fingerprint density at radius 1 is 1.33 bits per heavy atom. The van der Waals surface area contributed by atoms with Crippen LogP contribution in [0.2, 0.25) is 0 Å². The molecule has 1 fully saturated rings. The van der Waals surface area contributed by atoms with Crippen LogP contribution in [-0.2, 0) is 0 Å². The number of halogens is 1. The Labute approximate surface area is 89.4 Å². The molecule has 1 saturated heterocycles. The first-order valence-electron chi connectivity index (χ1n) is 5.44. The Morgan fingerprint density at radius 3 is 2.80 bits per heavy atom. The van der Waals surface area contributed by atoms with Gasteiger partial charge in [-0.3, -0.25) is 0 Å². The predicted octanol–water partition coefficient (Wildman–Crippen LogP) is 2.20. The van der Waals surface area contributed by atoms with E-state index in [4.69, 9.17) is 4.74 Å². The number of ether oxygens (including phenoxy) is 1. The third-order valence-electron chi connectivity index (χ3n) is 2.77. The zero-order chi connectivity index (χ0) is 10.5. The molecule has 1 aromatic carbocycles. The van der Waals surface area contributed by atoms with Gasteiger partial charge in [0.15, 0.2) is 0 Å². The first-order chi connectivity index (χ1) is 7.34. The van der Waals surface area contributed by atoms with Crippen molar-refractivity contribution in [3.63, 3.8) is 0 Å². The molecule has 3 heteroatoms. The number of hydrogen-bond acceptors (Lipinski definition) is 2. The normalized spacial score (nSPS) is 20.5. The van der Waals surface area contributed by atoms with E-state index in [1.165, 1.54) is 18.6 Å². The average molecular weight is 209 g/mol. The highest BCUT2D eigenvalue weighted by Crippen LogP contribution is 2.15. The molecule has 0 unspecified atom stereocenters. The minimum atomic E-state index is -0.220. The summed E-state index contributed by atoms with van der Waals surface area (Å²) in [6.07, 6.45) is 2.32. The van der Waals surface area contributed by atoms with Crippen molar-refractivity contribution in [2.24, 2.45) is 5.92 Å². The van der Waals surface area contributed by atoms with Crippen molar-refractivity contribution >= 4 is 0 Å². The zero-order valence-corrected chi connectivity index (χ0v) is 8.71. The summed E-state index contributed by atoms with van der Waals surface area (Å²) in [5.74, 6) is 1.27. The van der Waals surface area contributed by atoms with E-state index in [0.717, 1.165) is 37.8 Å². The molecule has 1 aliphatic rings. The monoisotopic (exact) mass is 209 g/mol. The lowest BCUT2D eigenvalue weighted by molar-refractivity contribution is 0.283. The molecule has 1 N–H and O–H groups in total. The molecule has 82 valence electrons. The minimum Gasteiger partial charge on any atom is -0.494 e. The van der Waals surface area contributed by atoms with Crippen molar-refractivity contribution in [3.8, 4) is 5.75 Å². The van der Waals surface area contributed by atoms with E-state index in [-0.39, 0.29) is 5.82 Å². The van der Waals surface area contributed by atoms with Crippen molar-refractivity contribution < 1.29 is 9.13 Å². The molecule has 2 rings (SSSR count). The van der Waals surface area contributed by atoms with Crippen molar-refractivity contribution in [1.82, 2.24) is 5.32 Å². The van der Waals surface area contributed by atoms with Crippen LogP contribution in [-0.4, -0.2) is 19.7 Å². The van der Waals surface area contributed by atoms with Crippen LogP contribution < -0.4 is 10.1 Å². The van der Waals surface area contributed by atoms with Crippen LogP contribution in [0.25, 0.3) is 0 Å². The van der Waals surface area contributed by atoms with E-state index >= 15 is 0 Å². The van der Waals surface area contributed by atoms with E-state index < -0.39 is 0 Å².